The zero-order chi connectivity index (χ0) is 18.6. The maximum absolute atomic E-state index is 11.5. The Morgan fingerprint density at radius 3 is 2.85 bits per heavy atom. The number of nitrogens with one attached hydrogen (secondary N) is 1. The Hall–Kier alpha value is -2.62. The number of aromatic nitrogens is 1. The quantitative estimate of drug-likeness (QED) is 0.384. The number of pyridine rings is 1. The van der Waals surface area contributed by atoms with Gasteiger partial charge in [0.05, 0.1) is 12.1 Å². The summed E-state index contributed by atoms with van der Waals surface area (Å²) >= 11 is 0. The van der Waals surface area contributed by atoms with E-state index in [-0.39, 0.29) is 5.91 Å². The highest BCUT2D eigenvalue weighted by atomic mass is 16.5. The summed E-state index contributed by atoms with van der Waals surface area (Å²) < 4.78 is 5.72. The first kappa shape index (κ1) is 19.7. The van der Waals surface area contributed by atoms with Crippen LogP contribution in [0.3, 0.4) is 0 Å². The minimum atomic E-state index is -0.0420. The molecule has 0 radical (unpaired) electrons. The van der Waals surface area contributed by atoms with Crippen molar-refractivity contribution in [1.29, 1.82) is 0 Å². The number of nitrogens with zero attached hydrogens (tertiary/aromatic N) is 1. The molecule has 0 bridgehead atoms. The number of hydrogen-bond acceptors (Lipinski definition) is 3. The molecule has 1 aromatic carbocycles. The number of hydrogen-bond donors (Lipinski definition) is 1. The van der Waals surface area contributed by atoms with Crippen molar-refractivity contribution in [3.63, 3.8) is 0 Å². The molecule has 0 aliphatic heterocycles. The van der Waals surface area contributed by atoms with Crippen LogP contribution in [0.2, 0.25) is 0 Å². The number of para-hydroxylation sites is 1. The van der Waals surface area contributed by atoms with Crippen molar-refractivity contribution in [2.75, 3.05) is 13.2 Å². The molecule has 26 heavy (non-hydrogen) atoms. The van der Waals surface area contributed by atoms with Gasteiger partial charge in [-0.1, -0.05) is 50.3 Å². The second kappa shape index (κ2) is 11.1. The van der Waals surface area contributed by atoms with Crippen molar-refractivity contribution in [2.45, 2.75) is 33.1 Å². The molecule has 138 valence electrons. The standard InChI is InChI=1S/C22H28N2O2/c1-18(2)17-23-21(25)13-7-5-3-4-6-10-16-26-22-15-14-19-11-8-9-12-20(19)24-22/h3,5,7-9,11-15,18H,4,6,10,16-17H2,1-2H3,(H,23,25)/b5-3+,13-7+. The van der Waals surface area contributed by atoms with E-state index in [1.165, 1.54) is 0 Å². The van der Waals surface area contributed by atoms with Crippen LogP contribution < -0.4 is 10.1 Å². The summed E-state index contributed by atoms with van der Waals surface area (Å²) in [4.78, 5) is 16.0. The topological polar surface area (TPSA) is 51.2 Å². The highest BCUT2D eigenvalue weighted by Crippen LogP contribution is 2.16. The maximum atomic E-state index is 11.5. The van der Waals surface area contributed by atoms with Crippen LogP contribution in [0.5, 0.6) is 5.88 Å². The third kappa shape index (κ3) is 7.51. The number of amides is 1. The van der Waals surface area contributed by atoms with Gasteiger partial charge in [0.2, 0.25) is 11.8 Å². The number of ether oxygens (including phenoxy) is 1. The number of carbonyl (C=O) groups excluding carboxylic acids is 1. The van der Waals surface area contributed by atoms with E-state index in [2.05, 4.69) is 30.2 Å². The fraction of sp³-hybridized carbons (Fsp3) is 0.364. The minimum Gasteiger partial charge on any atom is -0.478 e. The van der Waals surface area contributed by atoms with E-state index >= 15 is 0 Å². The van der Waals surface area contributed by atoms with Gasteiger partial charge in [-0.3, -0.25) is 4.79 Å². The van der Waals surface area contributed by atoms with Crippen molar-refractivity contribution in [3.8, 4) is 5.88 Å². The second-order valence-electron chi connectivity index (χ2n) is 6.61. The second-order valence-corrected chi connectivity index (χ2v) is 6.61. The molecule has 4 heteroatoms. The van der Waals surface area contributed by atoms with Crippen molar-refractivity contribution in [3.05, 3.63) is 60.7 Å². The Morgan fingerprint density at radius 2 is 2.00 bits per heavy atom. The molecule has 0 unspecified atom stereocenters. The number of rotatable bonds is 10. The fourth-order valence-electron chi connectivity index (χ4n) is 2.35. The lowest BCUT2D eigenvalue weighted by Gasteiger charge is -2.05. The first-order valence-corrected chi connectivity index (χ1v) is 9.25. The molecule has 1 amide bonds. The Bertz CT molecular complexity index is 751. The van der Waals surface area contributed by atoms with Gasteiger partial charge >= 0.3 is 0 Å². The number of fused-ring (bicyclic) bond motifs is 1. The van der Waals surface area contributed by atoms with E-state index in [1.54, 1.807) is 12.2 Å². The molecule has 0 aliphatic carbocycles. The van der Waals surface area contributed by atoms with Gasteiger partial charge < -0.3 is 10.1 Å². The molecular formula is C22H28N2O2. The monoisotopic (exact) mass is 352 g/mol. The van der Waals surface area contributed by atoms with Gasteiger partial charge in [0, 0.05) is 24.1 Å². The molecule has 1 heterocycles. The molecule has 4 nitrogen and oxygen atoms in total. The van der Waals surface area contributed by atoms with Crippen molar-refractivity contribution in [2.24, 2.45) is 5.92 Å². The van der Waals surface area contributed by atoms with Crippen molar-refractivity contribution in [1.82, 2.24) is 10.3 Å². The average Bonchev–Trinajstić information content (AvgIpc) is 2.65. The predicted octanol–water partition coefficient (Wildman–Crippen LogP) is 4.67. The summed E-state index contributed by atoms with van der Waals surface area (Å²) in [5.74, 6) is 1.10. The summed E-state index contributed by atoms with van der Waals surface area (Å²) in [6.45, 7) is 5.51. The number of unbranched alkanes of at least 4 members (excludes halogenated alkanes) is 2. The smallest absolute Gasteiger partial charge is 0.243 e. The molecule has 0 fully saturated rings. The summed E-state index contributed by atoms with van der Waals surface area (Å²) in [5, 5.41) is 3.97. The fourth-order valence-corrected chi connectivity index (χ4v) is 2.35. The molecule has 0 atom stereocenters. The Kier molecular flexibility index (Phi) is 8.40. The van der Waals surface area contributed by atoms with Crippen LogP contribution in [0, 0.1) is 5.92 Å². The highest BCUT2D eigenvalue weighted by Gasteiger charge is 1.98. The van der Waals surface area contributed by atoms with Gasteiger partial charge in [-0.05, 0) is 37.3 Å². The first-order valence-electron chi connectivity index (χ1n) is 9.25. The van der Waals surface area contributed by atoms with Crippen LogP contribution in [0.25, 0.3) is 10.9 Å². The minimum absolute atomic E-state index is 0.0420. The van der Waals surface area contributed by atoms with Crippen LogP contribution in [0.4, 0.5) is 0 Å². The summed E-state index contributed by atoms with van der Waals surface area (Å²) in [5.41, 5.74) is 0.956. The highest BCUT2D eigenvalue weighted by molar-refractivity contribution is 5.87. The van der Waals surface area contributed by atoms with E-state index in [1.807, 2.05) is 42.5 Å². The lowest BCUT2D eigenvalue weighted by Crippen LogP contribution is -2.25. The molecule has 0 saturated heterocycles. The molecule has 2 rings (SSSR count). The molecular weight excluding hydrogens is 324 g/mol. The molecule has 2 aromatic rings. The van der Waals surface area contributed by atoms with Gasteiger partial charge in [-0.15, -0.1) is 0 Å². The summed E-state index contributed by atoms with van der Waals surface area (Å²) in [6.07, 6.45) is 10.3. The molecule has 1 N–H and O–H groups in total. The zero-order valence-electron chi connectivity index (χ0n) is 15.7. The van der Waals surface area contributed by atoms with Crippen LogP contribution >= 0.6 is 0 Å². The van der Waals surface area contributed by atoms with Gasteiger partial charge in [-0.25, -0.2) is 4.98 Å². The largest absolute Gasteiger partial charge is 0.478 e. The van der Waals surface area contributed by atoms with Crippen LogP contribution in [-0.2, 0) is 4.79 Å². The Labute approximate surface area is 156 Å². The van der Waals surface area contributed by atoms with E-state index in [0.29, 0.717) is 24.9 Å². The van der Waals surface area contributed by atoms with Gasteiger partial charge in [0.25, 0.3) is 0 Å². The van der Waals surface area contributed by atoms with Gasteiger partial charge in [-0.2, -0.15) is 0 Å². The summed E-state index contributed by atoms with van der Waals surface area (Å²) in [6, 6.07) is 12.0. The third-order valence-corrected chi connectivity index (χ3v) is 3.77. The van der Waals surface area contributed by atoms with E-state index in [0.717, 1.165) is 30.2 Å². The first-order chi connectivity index (χ1) is 12.6. The molecule has 0 spiro atoms. The van der Waals surface area contributed by atoms with E-state index in [4.69, 9.17) is 4.74 Å². The zero-order valence-corrected chi connectivity index (χ0v) is 15.7. The number of benzene rings is 1. The maximum Gasteiger partial charge on any atom is 0.243 e. The number of carbonyl (C=O) groups is 1. The van der Waals surface area contributed by atoms with Crippen molar-refractivity contribution >= 4 is 16.8 Å². The molecule has 1 aromatic heterocycles. The Morgan fingerprint density at radius 1 is 1.15 bits per heavy atom. The SMILES string of the molecule is CC(C)CNC(=O)/C=C/C=C/CCCCOc1ccc2ccccc2n1. The van der Waals surface area contributed by atoms with Crippen molar-refractivity contribution < 1.29 is 9.53 Å². The van der Waals surface area contributed by atoms with Gasteiger partial charge in [0.15, 0.2) is 0 Å². The number of allylic oxidation sites excluding steroid dienone is 3. The average molecular weight is 352 g/mol. The van der Waals surface area contributed by atoms with Gasteiger partial charge in [0.1, 0.15) is 0 Å². The van der Waals surface area contributed by atoms with E-state index < -0.39 is 0 Å². The van der Waals surface area contributed by atoms with Crippen LogP contribution in [0.1, 0.15) is 33.1 Å². The summed E-state index contributed by atoms with van der Waals surface area (Å²) in [7, 11) is 0. The predicted molar refractivity (Wildman–Crippen MR) is 107 cm³/mol. The molecule has 0 aliphatic rings. The van der Waals surface area contributed by atoms with Crippen LogP contribution in [0.15, 0.2) is 60.7 Å². The third-order valence-electron chi connectivity index (χ3n) is 3.77. The molecule has 0 saturated carbocycles. The lowest BCUT2D eigenvalue weighted by atomic mass is 10.2. The van der Waals surface area contributed by atoms with E-state index in [9.17, 15) is 4.79 Å². The normalized spacial score (nSPS) is 11.7. The van der Waals surface area contributed by atoms with Crippen LogP contribution in [-0.4, -0.2) is 24.0 Å². The lowest BCUT2D eigenvalue weighted by molar-refractivity contribution is -0.116. The Balaban J connectivity index is 1.58.